The van der Waals surface area contributed by atoms with Crippen LogP contribution in [0.3, 0.4) is 0 Å². The maximum atomic E-state index is 12.7. The predicted molar refractivity (Wildman–Crippen MR) is 71.1 cm³/mol. The zero-order valence-corrected chi connectivity index (χ0v) is 10.5. The Kier molecular flexibility index (Phi) is 3.82. The Morgan fingerprint density at radius 2 is 1.56 bits per heavy atom. The van der Waals surface area contributed by atoms with Gasteiger partial charge < -0.3 is 0 Å². The van der Waals surface area contributed by atoms with Crippen molar-refractivity contribution in [1.29, 1.82) is 0 Å². The van der Waals surface area contributed by atoms with E-state index < -0.39 is 0 Å². The van der Waals surface area contributed by atoms with Crippen molar-refractivity contribution in [2.24, 2.45) is 10.2 Å². The summed E-state index contributed by atoms with van der Waals surface area (Å²) in [6.45, 7) is 4.20. The lowest BCUT2D eigenvalue weighted by molar-refractivity contribution is 0.628. The van der Waals surface area contributed by atoms with Gasteiger partial charge in [0.15, 0.2) is 0 Å². The zero-order chi connectivity index (χ0) is 13.0. The SMILES string of the molecule is CCc1cc(N=Nc2ccc(F)cc2)ccc1C. The van der Waals surface area contributed by atoms with E-state index in [1.165, 1.54) is 23.3 Å². The monoisotopic (exact) mass is 242 g/mol. The van der Waals surface area contributed by atoms with E-state index in [1.54, 1.807) is 12.1 Å². The van der Waals surface area contributed by atoms with Crippen LogP contribution in [0, 0.1) is 12.7 Å². The van der Waals surface area contributed by atoms with Crippen molar-refractivity contribution < 1.29 is 4.39 Å². The first-order valence-corrected chi connectivity index (χ1v) is 5.96. The Balaban J connectivity index is 2.20. The van der Waals surface area contributed by atoms with Gasteiger partial charge in [-0.1, -0.05) is 13.0 Å². The summed E-state index contributed by atoms with van der Waals surface area (Å²) in [7, 11) is 0. The van der Waals surface area contributed by atoms with Gasteiger partial charge in [-0.15, -0.1) is 0 Å². The summed E-state index contributed by atoms with van der Waals surface area (Å²) in [5.74, 6) is -0.266. The van der Waals surface area contributed by atoms with Gasteiger partial charge in [0.25, 0.3) is 0 Å². The van der Waals surface area contributed by atoms with Crippen LogP contribution in [0.4, 0.5) is 15.8 Å². The third kappa shape index (κ3) is 3.00. The minimum absolute atomic E-state index is 0.266. The van der Waals surface area contributed by atoms with Crippen LogP contribution in [0.25, 0.3) is 0 Å². The molecule has 0 N–H and O–H groups in total. The van der Waals surface area contributed by atoms with Crippen LogP contribution < -0.4 is 0 Å². The van der Waals surface area contributed by atoms with Crippen molar-refractivity contribution in [2.75, 3.05) is 0 Å². The van der Waals surface area contributed by atoms with Crippen molar-refractivity contribution in [3.8, 4) is 0 Å². The van der Waals surface area contributed by atoms with Gasteiger partial charge in [-0.05, 0) is 60.9 Å². The average molecular weight is 242 g/mol. The third-order valence-electron chi connectivity index (χ3n) is 2.82. The Labute approximate surface area is 106 Å². The highest BCUT2D eigenvalue weighted by Gasteiger charge is 1.98. The van der Waals surface area contributed by atoms with Crippen LogP contribution in [0.1, 0.15) is 18.1 Å². The molecule has 0 fully saturated rings. The zero-order valence-electron chi connectivity index (χ0n) is 10.5. The first kappa shape index (κ1) is 12.4. The summed E-state index contributed by atoms with van der Waals surface area (Å²) < 4.78 is 12.7. The quantitative estimate of drug-likeness (QED) is 0.668. The van der Waals surface area contributed by atoms with Crippen LogP contribution in [0.5, 0.6) is 0 Å². The summed E-state index contributed by atoms with van der Waals surface area (Å²) in [5, 5.41) is 8.24. The van der Waals surface area contributed by atoms with Crippen molar-refractivity contribution in [2.45, 2.75) is 20.3 Å². The minimum Gasteiger partial charge on any atom is -0.207 e. The van der Waals surface area contributed by atoms with E-state index in [-0.39, 0.29) is 5.82 Å². The molecule has 2 aromatic carbocycles. The Morgan fingerprint density at radius 1 is 0.944 bits per heavy atom. The summed E-state index contributed by atoms with van der Waals surface area (Å²) >= 11 is 0. The molecule has 0 aromatic heterocycles. The van der Waals surface area contributed by atoms with Crippen LogP contribution in [-0.4, -0.2) is 0 Å². The fourth-order valence-corrected chi connectivity index (χ4v) is 1.72. The van der Waals surface area contributed by atoms with Gasteiger partial charge in [0, 0.05) is 0 Å². The lowest BCUT2D eigenvalue weighted by atomic mass is 10.1. The largest absolute Gasteiger partial charge is 0.207 e. The highest BCUT2D eigenvalue weighted by Crippen LogP contribution is 2.21. The number of azo groups is 1. The summed E-state index contributed by atoms with van der Waals surface area (Å²) in [6, 6.07) is 12.0. The Hall–Kier alpha value is -2.03. The van der Waals surface area contributed by atoms with Crippen LogP contribution >= 0.6 is 0 Å². The molecule has 0 saturated carbocycles. The van der Waals surface area contributed by atoms with Crippen molar-refractivity contribution in [3.05, 3.63) is 59.4 Å². The maximum absolute atomic E-state index is 12.7. The third-order valence-corrected chi connectivity index (χ3v) is 2.82. The van der Waals surface area contributed by atoms with Gasteiger partial charge in [0.1, 0.15) is 5.82 Å². The minimum atomic E-state index is -0.266. The molecule has 0 heterocycles. The Morgan fingerprint density at radius 3 is 2.22 bits per heavy atom. The molecule has 0 atom stereocenters. The predicted octanol–water partition coefficient (Wildman–Crippen LogP) is 5.11. The van der Waals surface area contributed by atoms with E-state index in [9.17, 15) is 4.39 Å². The number of benzene rings is 2. The van der Waals surface area contributed by atoms with Crippen molar-refractivity contribution >= 4 is 11.4 Å². The van der Waals surface area contributed by atoms with E-state index in [4.69, 9.17) is 0 Å². The number of hydrogen-bond acceptors (Lipinski definition) is 2. The van der Waals surface area contributed by atoms with E-state index in [0.717, 1.165) is 12.1 Å². The normalized spacial score (nSPS) is 11.1. The number of nitrogens with zero attached hydrogens (tertiary/aromatic N) is 2. The van der Waals surface area contributed by atoms with Crippen LogP contribution in [-0.2, 0) is 6.42 Å². The number of aryl methyl sites for hydroxylation is 2. The van der Waals surface area contributed by atoms with Crippen molar-refractivity contribution in [3.63, 3.8) is 0 Å². The molecule has 0 saturated heterocycles. The molecule has 0 spiro atoms. The second-order valence-electron chi connectivity index (χ2n) is 4.14. The fraction of sp³-hybridized carbons (Fsp3) is 0.200. The number of rotatable bonds is 3. The van der Waals surface area contributed by atoms with E-state index in [2.05, 4.69) is 24.1 Å². The summed E-state index contributed by atoms with van der Waals surface area (Å²) in [5.41, 5.74) is 4.00. The average Bonchev–Trinajstić information content (AvgIpc) is 2.39. The lowest BCUT2D eigenvalue weighted by Crippen LogP contribution is -1.84. The smallest absolute Gasteiger partial charge is 0.123 e. The molecule has 0 bridgehead atoms. The number of hydrogen-bond donors (Lipinski definition) is 0. The molecule has 0 aliphatic rings. The van der Waals surface area contributed by atoms with Gasteiger partial charge >= 0.3 is 0 Å². The van der Waals surface area contributed by atoms with Gasteiger partial charge in [0.2, 0.25) is 0 Å². The van der Waals surface area contributed by atoms with Gasteiger partial charge in [0.05, 0.1) is 11.4 Å². The molecule has 0 aliphatic carbocycles. The van der Waals surface area contributed by atoms with Crippen molar-refractivity contribution in [1.82, 2.24) is 0 Å². The molecular weight excluding hydrogens is 227 g/mol. The molecule has 2 rings (SSSR count). The molecule has 0 unspecified atom stereocenters. The molecule has 0 radical (unpaired) electrons. The topological polar surface area (TPSA) is 24.7 Å². The molecule has 2 aromatic rings. The van der Waals surface area contributed by atoms with E-state index in [1.807, 2.05) is 18.2 Å². The molecule has 3 heteroatoms. The number of halogens is 1. The Bertz CT molecular complexity index is 559. The molecule has 2 nitrogen and oxygen atoms in total. The summed E-state index contributed by atoms with van der Waals surface area (Å²) in [4.78, 5) is 0. The first-order chi connectivity index (χ1) is 8.69. The maximum Gasteiger partial charge on any atom is 0.123 e. The molecular formula is C15H15FN2. The van der Waals surface area contributed by atoms with Gasteiger partial charge in [-0.3, -0.25) is 0 Å². The second-order valence-corrected chi connectivity index (χ2v) is 4.14. The van der Waals surface area contributed by atoms with Gasteiger partial charge in [-0.25, -0.2) is 4.39 Å². The first-order valence-electron chi connectivity index (χ1n) is 5.96. The lowest BCUT2D eigenvalue weighted by Gasteiger charge is -2.02. The fourth-order valence-electron chi connectivity index (χ4n) is 1.72. The standard InChI is InChI=1S/C15H15FN2/c1-3-12-10-15(7-4-11(12)2)18-17-14-8-5-13(16)6-9-14/h4-10H,3H2,1-2H3. The van der Waals surface area contributed by atoms with E-state index in [0.29, 0.717) is 5.69 Å². The van der Waals surface area contributed by atoms with E-state index >= 15 is 0 Å². The van der Waals surface area contributed by atoms with Gasteiger partial charge in [-0.2, -0.15) is 10.2 Å². The highest BCUT2D eigenvalue weighted by atomic mass is 19.1. The summed E-state index contributed by atoms with van der Waals surface area (Å²) in [6.07, 6.45) is 0.978. The van der Waals surface area contributed by atoms with Crippen LogP contribution in [0.2, 0.25) is 0 Å². The second kappa shape index (κ2) is 5.54. The highest BCUT2D eigenvalue weighted by molar-refractivity contribution is 5.44. The molecule has 0 amide bonds. The molecule has 18 heavy (non-hydrogen) atoms. The van der Waals surface area contributed by atoms with Crippen LogP contribution in [0.15, 0.2) is 52.7 Å². The molecule has 92 valence electrons. The molecule has 0 aliphatic heterocycles.